The number of ether oxygens (including phenoxy) is 1. The first-order valence-corrected chi connectivity index (χ1v) is 7.17. The van der Waals surface area contributed by atoms with E-state index in [1.165, 1.54) is 5.56 Å². The maximum Gasteiger partial charge on any atom is 0.149 e. The lowest BCUT2D eigenvalue weighted by Crippen LogP contribution is -1.95. The molecule has 19 heavy (non-hydrogen) atoms. The van der Waals surface area contributed by atoms with Crippen molar-refractivity contribution in [3.05, 3.63) is 60.2 Å². The Hall–Kier alpha value is -1.85. The summed E-state index contributed by atoms with van der Waals surface area (Å²) in [7, 11) is 0. The molecule has 0 aromatic heterocycles. The van der Waals surface area contributed by atoms with Gasteiger partial charge in [0.05, 0.1) is 0 Å². The van der Waals surface area contributed by atoms with Crippen LogP contribution in [-0.2, 0) is 5.75 Å². The van der Waals surface area contributed by atoms with Crippen molar-refractivity contribution in [2.24, 2.45) is 0 Å². The average molecular weight is 268 g/mol. The maximum atomic E-state index is 5.67. The second-order valence-corrected chi connectivity index (χ2v) is 4.95. The van der Waals surface area contributed by atoms with Crippen molar-refractivity contribution in [2.45, 2.75) is 17.6 Å². The lowest BCUT2D eigenvalue weighted by atomic mass is 10.2. The Labute approximate surface area is 119 Å². The molecule has 0 bridgehead atoms. The smallest absolute Gasteiger partial charge is 0.149 e. The van der Waals surface area contributed by atoms with Crippen molar-refractivity contribution in [1.29, 1.82) is 0 Å². The summed E-state index contributed by atoms with van der Waals surface area (Å²) in [6, 6.07) is 18.5. The Morgan fingerprint density at radius 3 is 2.53 bits per heavy atom. The van der Waals surface area contributed by atoms with Gasteiger partial charge in [-0.1, -0.05) is 48.4 Å². The van der Waals surface area contributed by atoms with E-state index in [2.05, 4.69) is 42.2 Å². The second kappa shape index (κ2) is 7.56. The summed E-state index contributed by atoms with van der Waals surface area (Å²) in [5, 5.41) is 0. The SMILES string of the molecule is CC#CCOc1ccccc1SCc1ccccc1. The van der Waals surface area contributed by atoms with Gasteiger partial charge in [0.15, 0.2) is 0 Å². The number of hydrogen-bond acceptors (Lipinski definition) is 2. The van der Waals surface area contributed by atoms with E-state index in [4.69, 9.17) is 4.74 Å². The van der Waals surface area contributed by atoms with Crippen LogP contribution in [0.5, 0.6) is 5.75 Å². The standard InChI is InChI=1S/C17H16OS/c1-2-3-13-18-16-11-7-8-12-17(16)19-14-15-9-5-4-6-10-15/h4-12H,13-14H2,1H3. The zero-order chi connectivity index (χ0) is 13.3. The summed E-state index contributed by atoms with van der Waals surface area (Å²) in [6.07, 6.45) is 0. The van der Waals surface area contributed by atoms with Crippen LogP contribution in [0.15, 0.2) is 59.5 Å². The van der Waals surface area contributed by atoms with E-state index in [0.29, 0.717) is 6.61 Å². The first kappa shape index (κ1) is 13.6. The van der Waals surface area contributed by atoms with Gasteiger partial charge in [0.2, 0.25) is 0 Å². The Morgan fingerprint density at radius 1 is 1.00 bits per heavy atom. The van der Waals surface area contributed by atoms with Gasteiger partial charge in [0, 0.05) is 10.6 Å². The van der Waals surface area contributed by atoms with Crippen molar-refractivity contribution in [1.82, 2.24) is 0 Å². The van der Waals surface area contributed by atoms with E-state index in [-0.39, 0.29) is 0 Å². The van der Waals surface area contributed by atoms with Gasteiger partial charge in [-0.25, -0.2) is 0 Å². The fourth-order valence-electron chi connectivity index (χ4n) is 1.61. The van der Waals surface area contributed by atoms with E-state index in [1.54, 1.807) is 11.8 Å². The van der Waals surface area contributed by atoms with Crippen LogP contribution in [0.4, 0.5) is 0 Å². The van der Waals surface area contributed by atoms with Gasteiger partial charge in [-0.15, -0.1) is 17.7 Å². The first-order valence-electron chi connectivity index (χ1n) is 6.18. The Bertz CT molecular complexity index is 567. The van der Waals surface area contributed by atoms with E-state index >= 15 is 0 Å². The van der Waals surface area contributed by atoms with Crippen LogP contribution in [0, 0.1) is 11.8 Å². The van der Waals surface area contributed by atoms with Crippen molar-refractivity contribution in [3.63, 3.8) is 0 Å². The van der Waals surface area contributed by atoms with E-state index < -0.39 is 0 Å². The molecule has 0 aliphatic heterocycles. The molecule has 0 amide bonds. The molecule has 2 aromatic carbocycles. The quantitative estimate of drug-likeness (QED) is 0.588. The third-order valence-electron chi connectivity index (χ3n) is 2.56. The van der Waals surface area contributed by atoms with Crippen molar-refractivity contribution in [3.8, 4) is 17.6 Å². The Kier molecular flexibility index (Phi) is 5.40. The highest BCUT2D eigenvalue weighted by atomic mass is 32.2. The first-order chi connectivity index (χ1) is 9.40. The second-order valence-electron chi connectivity index (χ2n) is 3.94. The highest BCUT2D eigenvalue weighted by Crippen LogP contribution is 2.31. The van der Waals surface area contributed by atoms with Crippen LogP contribution in [-0.4, -0.2) is 6.61 Å². The van der Waals surface area contributed by atoms with E-state index in [9.17, 15) is 0 Å². The summed E-state index contributed by atoms with van der Waals surface area (Å²) in [5.41, 5.74) is 1.32. The summed E-state index contributed by atoms with van der Waals surface area (Å²) in [4.78, 5) is 1.16. The molecule has 0 fully saturated rings. The molecule has 1 nitrogen and oxygen atoms in total. The van der Waals surface area contributed by atoms with E-state index in [0.717, 1.165) is 16.4 Å². The van der Waals surface area contributed by atoms with Gasteiger partial charge in [-0.3, -0.25) is 0 Å². The van der Waals surface area contributed by atoms with Gasteiger partial charge < -0.3 is 4.74 Å². The molecule has 2 rings (SSSR count). The number of hydrogen-bond donors (Lipinski definition) is 0. The predicted octanol–water partition coefficient (Wildman–Crippen LogP) is 4.38. The Morgan fingerprint density at radius 2 is 1.74 bits per heavy atom. The van der Waals surface area contributed by atoms with Crippen molar-refractivity contribution < 1.29 is 4.74 Å². The molecule has 0 saturated heterocycles. The lowest BCUT2D eigenvalue weighted by Gasteiger charge is -2.09. The third kappa shape index (κ3) is 4.39. The summed E-state index contributed by atoms with van der Waals surface area (Å²) in [5.74, 6) is 7.60. The molecule has 0 radical (unpaired) electrons. The number of rotatable bonds is 5. The average Bonchev–Trinajstić information content (AvgIpc) is 2.48. The lowest BCUT2D eigenvalue weighted by molar-refractivity contribution is 0.361. The topological polar surface area (TPSA) is 9.23 Å². The summed E-state index contributed by atoms with van der Waals surface area (Å²) >= 11 is 1.78. The molecule has 2 aromatic rings. The fraction of sp³-hybridized carbons (Fsp3) is 0.176. The van der Waals surface area contributed by atoms with Crippen LogP contribution >= 0.6 is 11.8 Å². The molecular formula is C17H16OS. The minimum atomic E-state index is 0.444. The van der Waals surface area contributed by atoms with Crippen molar-refractivity contribution >= 4 is 11.8 Å². The number of benzene rings is 2. The Balaban J connectivity index is 2.00. The summed E-state index contributed by atoms with van der Waals surface area (Å²) in [6.45, 7) is 2.26. The predicted molar refractivity (Wildman–Crippen MR) is 81.4 cm³/mol. The highest BCUT2D eigenvalue weighted by Gasteiger charge is 2.03. The van der Waals surface area contributed by atoms with Crippen LogP contribution < -0.4 is 4.74 Å². The van der Waals surface area contributed by atoms with Gasteiger partial charge in [-0.05, 0) is 24.6 Å². The van der Waals surface area contributed by atoms with Gasteiger partial charge in [0.25, 0.3) is 0 Å². The van der Waals surface area contributed by atoms with E-state index in [1.807, 2.05) is 31.2 Å². The molecule has 0 unspecified atom stereocenters. The molecule has 96 valence electrons. The number of para-hydroxylation sites is 1. The maximum absolute atomic E-state index is 5.67. The molecule has 0 heterocycles. The summed E-state index contributed by atoms with van der Waals surface area (Å²) < 4.78 is 5.67. The molecule has 0 aliphatic rings. The third-order valence-corrected chi connectivity index (χ3v) is 3.69. The van der Waals surface area contributed by atoms with Gasteiger partial charge in [0.1, 0.15) is 12.4 Å². The molecule has 0 atom stereocenters. The van der Waals surface area contributed by atoms with Crippen molar-refractivity contribution in [2.75, 3.05) is 6.61 Å². The molecule has 0 aliphatic carbocycles. The molecule has 0 N–H and O–H groups in total. The zero-order valence-corrected chi connectivity index (χ0v) is 11.7. The largest absolute Gasteiger partial charge is 0.480 e. The molecule has 2 heteroatoms. The van der Waals surface area contributed by atoms with Gasteiger partial charge in [-0.2, -0.15) is 0 Å². The van der Waals surface area contributed by atoms with Crippen LogP contribution in [0.3, 0.4) is 0 Å². The number of thioether (sulfide) groups is 1. The zero-order valence-electron chi connectivity index (χ0n) is 10.9. The minimum Gasteiger partial charge on any atom is -0.480 e. The van der Waals surface area contributed by atoms with Crippen LogP contribution in [0.25, 0.3) is 0 Å². The molecule has 0 saturated carbocycles. The minimum absolute atomic E-state index is 0.444. The molecular weight excluding hydrogens is 252 g/mol. The normalized spacial score (nSPS) is 9.53. The molecule has 0 spiro atoms. The highest BCUT2D eigenvalue weighted by molar-refractivity contribution is 7.98. The van der Waals surface area contributed by atoms with Crippen LogP contribution in [0.1, 0.15) is 12.5 Å². The monoisotopic (exact) mass is 268 g/mol. The van der Waals surface area contributed by atoms with Gasteiger partial charge >= 0.3 is 0 Å². The van der Waals surface area contributed by atoms with Crippen LogP contribution in [0.2, 0.25) is 0 Å². The fourth-order valence-corrected chi connectivity index (χ4v) is 2.57.